The molecule has 0 radical (unpaired) electrons. The van der Waals surface area contributed by atoms with E-state index in [4.69, 9.17) is 18.9 Å². The normalized spacial score (nSPS) is 13.6. The van der Waals surface area contributed by atoms with Crippen LogP contribution in [-0.4, -0.2) is 67.9 Å². The van der Waals surface area contributed by atoms with E-state index in [2.05, 4.69) is 25.0 Å². The summed E-state index contributed by atoms with van der Waals surface area (Å²) in [5.74, 6) is -4.47. The highest BCUT2D eigenvalue weighted by molar-refractivity contribution is 7.89. The quantitative estimate of drug-likeness (QED) is 0.143. The Morgan fingerprint density at radius 3 is 2.35 bits per heavy atom. The van der Waals surface area contributed by atoms with Gasteiger partial charge in [-0.2, -0.15) is 4.98 Å². The number of sulfonamides is 1. The standard InChI is InChI=1S/C34H30F3N5O8S/c1-17-24(33(43)44)13-22(14-28(17)50-23-11-19(35)10-20(36)12-23)40-31-29(51(45,46)42-21-4-6-49-7-5-21)16-38-27-9-18(8-26(37)30(27)31)25-15-39-34(48-3)41-32(25)47-2/h8-16,21,42H,4-7H2,1-3H3,(H,38,40)(H,43,44). The van der Waals surface area contributed by atoms with Crippen molar-refractivity contribution < 1.29 is 50.4 Å². The van der Waals surface area contributed by atoms with Gasteiger partial charge in [0, 0.05) is 67.2 Å². The lowest BCUT2D eigenvalue weighted by molar-refractivity contribution is 0.0695. The van der Waals surface area contributed by atoms with Crippen molar-refractivity contribution in [2.24, 2.45) is 0 Å². The first-order valence-corrected chi connectivity index (χ1v) is 16.8. The second-order valence-corrected chi connectivity index (χ2v) is 13.1. The van der Waals surface area contributed by atoms with Crippen molar-refractivity contribution in [3.05, 3.63) is 83.4 Å². The molecule has 0 saturated carbocycles. The summed E-state index contributed by atoms with van der Waals surface area (Å²) in [5.41, 5.74) is 0.0248. The zero-order chi connectivity index (χ0) is 36.4. The Labute approximate surface area is 289 Å². The summed E-state index contributed by atoms with van der Waals surface area (Å²) < 4.78 is 96.3. The SMILES string of the molecule is COc1ncc(-c2cc(F)c3c(Nc4cc(Oc5cc(F)cc(F)c5)c(C)c(C(=O)O)c4)c(S(=O)(=O)NC4CCOCC4)cnc3c2)c(OC)n1. The predicted octanol–water partition coefficient (Wildman–Crippen LogP) is 6.13. The molecular weight excluding hydrogens is 695 g/mol. The molecule has 17 heteroatoms. The van der Waals surface area contributed by atoms with E-state index in [0.29, 0.717) is 32.1 Å². The fraction of sp³-hybridized carbons (Fsp3) is 0.235. The number of anilines is 2. The number of halogens is 3. The summed E-state index contributed by atoms with van der Waals surface area (Å²) in [4.78, 5) is 24.4. The van der Waals surface area contributed by atoms with Crippen LogP contribution in [0.3, 0.4) is 0 Å². The van der Waals surface area contributed by atoms with E-state index in [1.807, 2.05) is 0 Å². The average molecular weight is 726 g/mol. The molecule has 0 unspecified atom stereocenters. The van der Waals surface area contributed by atoms with Crippen molar-refractivity contribution in [3.8, 4) is 34.5 Å². The van der Waals surface area contributed by atoms with Gasteiger partial charge in [0.25, 0.3) is 0 Å². The maximum atomic E-state index is 16.4. The van der Waals surface area contributed by atoms with E-state index >= 15 is 4.39 Å². The molecule has 5 aromatic rings. The lowest BCUT2D eigenvalue weighted by atomic mass is 10.0. The van der Waals surface area contributed by atoms with Crippen LogP contribution in [0.2, 0.25) is 0 Å². The van der Waals surface area contributed by atoms with Gasteiger partial charge in [0.15, 0.2) is 0 Å². The number of methoxy groups -OCH3 is 2. The van der Waals surface area contributed by atoms with Crippen LogP contribution in [0.15, 0.2) is 59.8 Å². The summed E-state index contributed by atoms with van der Waals surface area (Å²) in [6.07, 6.45) is 3.21. The number of pyridine rings is 1. The van der Waals surface area contributed by atoms with Gasteiger partial charge in [-0.15, -0.1) is 0 Å². The third kappa shape index (κ3) is 7.50. The molecule has 2 aromatic heterocycles. The summed E-state index contributed by atoms with van der Waals surface area (Å²) in [7, 11) is -1.65. The molecule has 0 bridgehead atoms. The molecule has 1 aliphatic heterocycles. The molecule has 1 fully saturated rings. The van der Waals surface area contributed by atoms with Crippen molar-refractivity contribution in [1.82, 2.24) is 19.7 Å². The molecule has 51 heavy (non-hydrogen) atoms. The minimum atomic E-state index is -4.38. The number of fused-ring (bicyclic) bond motifs is 1. The zero-order valence-electron chi connectivity index (χ0n) is 27.3. The van der Waals surface area contributed by atoms with Gasteiger partial charge >= 0.3 is 12.0 Å². The fourth-order valence-electron chi connectivity index (χ4n) is 5.59. The van der Waals surface area contributed by atoms with Crippen LogP contribution < -0.4 is 24.2 Å². The van der Waals surface area contributed by atoms with Crippen LogP contribution in [0, 0.1) is 24.4 Å². The molecule has 13 nitrogen and oxygen atoms in total. The van der Waals surface area contributed by atoms with Crippen LogP contribution >= 0.6 is 0 Å². The molecule has 3 heterocycles. The van der Waals surface area contributed by atoms with Crippen molar-refractivity contribution in [2.75, 3.05) is 32.8 Å². The van der Waals surface area contributed by atoms with Crippen LogP contribution in [0.5, 0.6) is 23.4 Å². The molecule has 1 saturated heterocycles. The van der Waals surface area contributed by atoms with E-state index in [1.54, 1.807) is 0 Å². The van der Waals surface area contributed by atoms with Gasteiger partial charge in [-0.1, -0.05) is 0 Å². The molecule has 3 N–H and O–H groups in total. The Morgan fingerprint density at radius 2 is 1.69 bits per heavy atom. The summed E-state index contributed by atoms with van der Waals surface area (Å²) >= 11 is 0. The Bertz CT molecular complexity index is 2250. The highest BCUT2D eigenvalue weighted by atomic mass is 32.2. The first kappa shape index (κ1) is 35.3. The van der Waals surface area contributed by atoms with Crippen LogP contribution in [-0.2, 0) is 14.8 Å². The maximum Gasteiger partial charge on any atom is 0.336 e. The Balaban J connectivity index is 1.52. The number of benzene rings is 3. The second kappa shape index (κ2) is 14.4. The molecular formula is C34H30F3N5O8S. The van der Waals surface area contributed by atoms with E-state index in [9.17, 15) is 27.1 Å². The Kier molecular flexibility index (Phi) is 9.95. The monoisotopic (exact) mass is 725 g/mol. The first-order valence-electron chi connectivity index (χ1n) is 15.3. The molecule has 0 aliphatic carbocycles. The van der Waals surface area contributed by atoms with E-state index in [-0.39, 0.29) is 67.9 Å². The fourth-order valence-corrected chi connectivity index (χ4v) is 7.00. The molecule has 0 spiro atoms. The number of aromatic carboxylic acids is 1. The lowest BCUT2D eigenvalue weighted by Gasteiger charge is -2.24. The molecule has 1 aliphatic rings. The van der Waals surface area contributed by atoms with E-state index in [0.717, 1.165) is 24.4 Å². The highest BCUT2D eigenvalue weighted by Gasteiger charge is 2.28. The number of carboxylic acid groups (broad SMARTS) is 1. The predicted molar refractivity (Wildman–Crippen MR) is 178 cm³/mol. The number of nitrogens with one attached hydrogen (secondary N) is 2. The maximum absolute atomic E-state index is 16.4. The number of aromatic nitrogens is 3. The number of carboxylic acids is 1. The lowest BCUT2D eigenvalue weighted by Crippen LogP contribution is -2.39. The van der Waals surface area contributed by atoms with Gasteiger partial charge in [0.2, 0.25) is 15.9 Å². The molecule has 6 rings (SSSR count). The topological polar surface area (TPSA) is 171 Å². The number of hydrogen-bond acceptors (Lipinski definition) is 11. The van der Waals surface area contributed by atoms with Crippen LogP contribution in [0.1, 0.15) is 28.8 Å². The number of ether oxygens (including phenoxy) is 4. The molecule has 3 aromatic carbocycles. The van der Waals surface area contributed by atoms with Gasteiger partial charge in [-0.05, 0) is 43.5 Å². The second-order valence-electron chi connectivity index (χ2n) is 11.4. The molecule has 0 atom stereocenters. The summed E-state index contributed by atoms with van der Waals surface area (Å²) in [5, 5.41) is 12.6. The minimum Gasteiger partial charge on any atom is -0.480 e. The van der Waals surface area contributed by atoms with Gasteiger partial charge in [-0.25, -0.2) is 36.1 Å². The average Bonchev–Trinajstić information content (AvgIpc) is 3.08. The Morgan fingerprint density at radius 1 is 0.961 bits per heavy atom. The van der Waals surface area contributed by atoms with E-state index < -0.39 is 44.4 Å². The zero-order valence-corrected chi connectivity index (χ0v) is 28.1. The van der Waals surface area contributed by atoms with Gasteiger partial charge in [0.05, 0.1) is 41.9 Å². The van der Waals surface area contributed by atoms with Gasteiger partial charge in [0.1, 0.15) is 33.8 Å². The summed E-state index contributed by atoms with van der Waals surface area (Å²) in [6.45, 7) is 2.10. The number of carbonyl (C=O) groups is 1. The number of nitrogens with zero attached hydrogens (tertiary/aromatic N) is 3. The minimum absolute atomic E-state index is 0.00710. The largest absolute Gasteiger partial charge is 0.480 e. The van der Waals surface area contributed by atoms with Crippen LogP contribution in [0.25, 0.3) is 22.0 Å². The smallest absolute Gasteiger partial charge is 0.336 e. The number of hydrogen-bond donors (Lipinski definition) is 3. The van der Waals surface area contributed by atoms with Crippen molar-refractivity contribution in [1.29, 1.82) is 0 Å². The van der Waals surface area contributed by atoms with Crippen LogP contribution in [0.4, 0.5) is 24.5 Å². The molecule has 266 valence electrons. The van der Waals surface area contributed by atoms with Gasteiger partial charge in [-0.3, -0.25) is 4.98 Å². The van der Waals surface area contributed by atoms with Crippen molar-refractivity contribution >= 4 is 38.3 Å². The van der Waals surface area contributed by atoms with Crippen molar-refractivity contribution in [2.45, 2.75) is 30.7 Å². The van der Waals surface area contributed by atoms with Crippen molar-refractivity contribution in [3.63, 3.8) is 0 Å². The first-order chi connectivity index (χ1) is 24.4. The van der Waals surface area contributed by atoms with E-state index in [1.165, 1.54) is 45.5 Å². The summed E-state index contributed by atoms with van der Waals surface area (Å²) in [6, 6.07) is 7.07. The third-order valence-electron chi connectivity index (χ3n) is 8.06. The number of rotatable bonds is 11. The highest BCUT2D eigenvalue weighted by Crippen LogP contribution is 2.40. The Hall–Kier alpha value is -5.52. The third-order valence-corrected chi connectivity index (χ3v) is 9.59. The van der Waals surface area contributed by atoms with Gasteiger partial charge < -0.3 is 29.4 Å². The molecule has 0 amide bonds.